The van der Waals surface area contributed by atoms with Crippen LogP contribution in [0.1, 0.15) is 38.2 Å². The fourth-order valence-corrected chi connectivity index (χ4v) is 3.17. The van der Waals surface area contributed by atoms with Crippen LogP contribution >= 0.6 is 0 Å². The SMILES string of the molecule is COc1ccc(CC(O)C2(OC)CCC(C)CC2)cc1F. The average Bonchev–Trinajstić information content (AvgIpc) is 2.48. The number of benzene rings is 1. The van der Waals surface area contributed by atoms with Gasteiger partial charge in [0, 0.05) is 13.5 Å². The second-order valence-corrected chi connectivity index (χ2v) is 6.14. The van der Waals surface area contributed by atoms with Crippen LogP contribution in [0.25, 0.3) is 0 Å². The van der Waals surface area contributed by atoms with Crippen molar-refractivity contribution in [2.75, 3.05) is 14.2 Å². The molecular formula is C17H25FO3. The predicted molar refractivity (Wildman–Crippen MR) is 80.0 cm³/mol. The Bertz CT molecular complexity index is 467. The number of rotatable bonds is 5. The average molecular weight is 296 g/mol. The quantitative estimate of drug-likeness (QED) is 0.906. The van der Waals surface area contributed by atoms with Gasteiger partial charge in [0.15, 0.2) is 11.6 Å². The van der Waals surface area contributed by atoms with E-state index in [2.05, 4.69) is 6.92 Å². The highest BCUT2D eigenvalue weighted by molar-refractivity contribution is 5.29. The van der Waals surface area contributed by atoms with Crippen LogP contribution in [0.5, 0.6) is 5.75 Å². The maximum atomic E-state index is 13.7. The lowest BCUT2D eigenvalue weighted by Crippen LogP contribution is -2.47. The van der Waals surface area contributed by atoms with E-state index in [1.807, 2.05) is 0 Å². The standard InChI is InChI=1S/C17H25FO3/c1-12-6-8-17(21-3,9-7-12)16(19)11-13-4-5-15(20-2)14(18)10-13/h4-5,10,12,16,19H,6-9,11H2,1-3H3. The molecule has 1 aliphatic carbocycles. The highest BCUT2D eigenvalue weighted by atomic mass is 19.1. The molecule has 4 heteroatoms. The van der Waals surface area contributed by atoms with E-state index in [1.54, 1.807) is 19.2 Å². The molecule has 1 unspecified atom stereocenters. The topological polar surface area (TPSA) is 38.7 Å². The zero-order valence-corrected chi connectivity index (χ0v) is 13.1. The minimum Gasteiger partial charge on any atom is -0.494 e. The number of hydrogen-bond acceptors (Lipinski definition) is 3. The number of ether oxygens (including phenoxy) is 2. The van der Waals surface area contributed by atoms with Gasteiger partial charge in [-0.25, -0.2) is 4.39 Å². The van der Waals surface area contributed by atoms with Crippen molar-refractivity contribution in [3.8, 4) is 5.75 Å². The van der Waals surface area contributed by atoms with Crippen LogP contribution in [0.4, 0.5) is 4.39 Å². The molecule has 0 amide bonds. The summed E-state index contributed by atoms with van der Waals surface area (Å²) < 4.78 is 24.3. The first-order valence-electron chi connectivity index (χ1n) is 7.56. The Morgan fingerprint density at radius 1 is 1.33 bits per heavy atom. The Morgan fingerprint density at radius 2 is 2.00 bits per heavy atom. The molecule has 1 N–H and O–H groups in total. The summed E-state index contributed by atoms with van der Waals surface area (Å²) in [6.07, 6.45) is 3.59. The Kier molecular flexibility index (Phi) is 5.22. The molecule has 118 valence electrons. The van der Waals surface area contributed by atoms with Crippen molar-refractivity contribution < 1.29 is 19.0 Å². The molecule has 0 radical (unpaired) electrons. The number of hydrogen-bond donors (Lipinski definition) is 1. The van der Waals surface area contributed by atoms with Gasteiger partial charge in [-0.3, -0.25) is 0 Å². The Hall–Kier alpha value is -1.13. The van der Waals surface area contributed by atoms with Gasteiger partial charge in [0.2, 0.25) is 0 Å². The van der Waals surface area contributed by atoms with Crippen LogP contribution in [-0.2, 0) is 11.2 Å². The lowest BCUT2D eigenvalue weighted by Gasteiger charge is -2.41. The molecule has 0 heterocycles. The molecule has 1 aromatic carbocycles. The van der Waals surface area contributed by atoms with E-state index in [-0.39, 0.29) is 5.75 Å². The fourth-order valence-electron chi connectivity index (χ4n) is 3.17. The second-order valence-electron chi connectivity index (χ2n) is 6.14. The van der Waals surface area contributed by atoms with Gasteiger partial charge < -0.3 is 14.6 Å². The van der Waals surface area contributed by atoms with Gasteiger partial charge in [-0.1, -0.05) is 13.0 Å². The summed E-state index contributed by atoms with van der Waals surface area (Å²) in [6, 6.07) is 4.82. The molecule has 21 heavy (non-hydrogen) atoms. The first-order chi connectivity index (χ1) is 10.0. The zero-order chi connectivity index (χ0) is 15.5. The predicted octanol–water partition coefficient (Wildman–Crippen LogP) is 3.33. The van der Waals surface area contributed by atoms with Crippen molar-refractivity contribution in [1.29, 1.82) is 0 Å². The molecule has 0 spiro atoms. The van der Waals surface area contributed by atoms with Gasteiger partial charge in [-0.05, 0) is 49.3 Å². The van der Waals surface area contributed by atoms with Crippen LogP contribution in [0, 0.1) is 11.7 Å². The minimum absolute atomic E-state index is 0.223. The van der Waals surface area contributed by atoms with Crippen LogP contribution in [0.3, 0.4) is 0 Å². The smallest absolute Gasteiger partial charge is 0.165 e. The number of aliphatic hydroxyl groups is 1. The number of aliphatic hydroxyl groups excluding tert-OH is 1. The van der Waals surface area contributed by atoms with Gasteiger partial charge in [0.05, 0.1) is 18.8 Å². The van der Waals surface area contributed by atoms with Crippen molar-refractivity contribution in [2.45, 2.75) is 50.7 Å². The zero-order valence-electron chi connectivity index (χ0n) is 13.1. The lowest BCUT2D eigenvalue weighted by molar-refractivity contribution is -0.127. The molecule has 1 saturated carbocycles. The van der Waals surface area contributed by atoms with Gasteiger partial charge in [-0.15, -0.1) is 0 Å². The van der Waals surface area contributed by atoms with E-state index >= 15 is 0 Å². The normalized spacial score (nSPS) is 27.4. The second kappa shape index (κ2) is 6.75. The van der Waals surface area contributed by atoms with E-state index in [0.29, 0.717) is 12.3 Å². The highest BCUT2D eigenvalue weighted by Crippen LogP contribution is 2.38. The molecule has 1 atom stereocenters. The molecule has 2 rings (SSSR count). The van der Waals surface area contributed by atoms with Crippen LogP contribution in [-0.4, -0.2) is 31.0 Å². The highest BCUT2D eigenvalue weighted by Gasteiger charge is 2.40. The van der Waals surface area contributed by atoms with Crippen LogP contribution < -0.4 is 4.74 Å². The summed E-state index contributed by atoms with van der Waals surface area (Å²) in [5.74, 6) is 0.506. The minimum atomic E-state index is -0.622. The summed E-state index contributed by atoms with van der Waals surface area (Å²) >= 11 is 0. The largest absolute Gasteiger partial charge is 0.494 e. The van der Waals surface area contributed by atoms with Gasteiger partial charge in [0.25, 0.3) is 0 Å². The third kappa shape index (κ3) is 3.55. The van der Waals surface area contributed by atoms with E-state index in [9.17, 15) is 9.50 Å². The Labute approximate surface area is 126 Å². The van der Waals surface area contributed by atoms with Crippen molar-refractivity contribution in [3.05, 3.63) is 29.6 Å². The van der Waals surface area contributed by atoms with Crippen LogP contribution in [0.2, 0.25) is 0 Å². The molecule has 0 aromatic heterocycles. The summed E-state index contributed by atoms with van der Waals surface area (Å²) in [5, 5.41) is 10.6. The number of methoxy groups -OCH3 is 2. The van der Waals surface area contributed by atoms with E-state index < -0.39 is 17.5 Å². The molecule has 0 bridgehead atoms. The maximum Gasteiger partial charge on any atom is 0.165 e. The summed E-state index contributed by atoms with van der Waals surface area (Å²) in [7, 11) is 3.10. The Morgan fingerprint density at radius 3 is 2.52 bits per heavy atom. The molecule has 0 aliphatic heterocycles. The first-order valence-corrected chi connectivity index (χ1v) is 7.56. The van der Waals surface area contributed by atoms with E-state index in [4.69, 9.17) is 9.47 Å². The van der Waals surface area contributed by atoms with E-state index in [0.717, 1.165) is 31.2 Å². The lowest BCUT2D eigenvalue weighted by atomic mass is 9.75. The summed E-state index contributed by atoms with van der Waals surface area (Å²) in [5.41, 5.74) is 0.263. The Balaban J connectivity index is 2.09. The van der Waals surface area contributed by atoms with Gasteiger partial charge in [0.1, 0.15) is 0 Å². The van der Waals surface area contributed by atoms with Crippen molar-refractivity contribution in [3.63, 3.8) is 0 Å². The van der Waals surface area contributed by atoms with Crippen molar-refractivity contribution in [1.82, 2.24) is 0 Å². The molecule has 1 fully saturated rings. The van der Waals surface area contributed by atoms with Crippen LogP contribution in [0.15, 0.2) is 18.2 Å². The summed E-state index contributed by atoms with van der Waals surface area (Å²) in [6.45, 7) is 2.23. The number of halogens is 1. The monoisotopic (exact) mass is 296 g/mol. The first kappa shape index (κ1) is 16.2. The third-order valence-corrected chi connectivity index (χ3v) is 4.78. The van der Waals surface area contributed by atoms with Gasteiger partial charge in [-0.2, -0.15) is 0 Å². The molecular weight excluding hydrogens is 271 g/mol. The molecule has 3 nitrogen and oxygen atoms in total. The van der Waals surface area contributed by atoms with Crippen molar-refractivity contribution >= 4 is 0 Å². The van der Waals surface area contributed by atoms with Crippen molar-refractivity contribution in [2.24, 2.45) is 5.92 Å². The summed E-state index contributed by atoms with van der Waals surface area (Å²) in [4.78, 5) is 0. The fraction of sp³-hybridized carbons (Fsp3) is 0.647. The third-order valence-electron chi connectivity index (χ3n) is 4.78. The van der Waals surface area contributed by atoms with E-state index in [1.165, 1.54) is 13.2 Å². The molecule has 0 saturated heterocycles. The molecule has 1 aromatic rings. The maximum absolute atomic E-state index is 13.7. The molecule has 1 aliphatic rings. The van der Waals surface area contributed by atoms with Gasteiger partial charge >= 0.3 is 0 Å².